The smallest absolute Gasteiger partial charge is 0.399 e. The summed E-state index contributed by atoms with van der Waals surface area (Å²) < 4.78 is 39.6. The van der Waals surface area contributed by atoms with E-state index in [-0.39, 0.29) is 5.82 Å². The fourth-order valence-corrected chi connectivity index (χ4v) is 3.12. The molecule has 0 atom stereocenters. The van der Waals surface area contributed by atoms with Crippen LogP contribution in [0.3, 0.4) is 0 Å². The lowest BCUT2D eigenvalue weighted by Crippen LogP contribution is -2.41. The molecule has 0 amide bonds. The van der Waals surface area contributed by atoms with Crippen molar-refractivity contribution in [1.29, 1.82) is 0 Å². The van der Waals surface area contributed by atoms with Crippen molar-refractivity contribution in [3.63, 3.8) is 0 Å². The van der Waals surface area contributed by atoms with Crippen LogP contribution in [0.5, 0.6) is 0 Å². The number of likely N-dealkylation sites (tertiary alicyclic amines) is 1. The predicted octanol–water partition coefficient (Wildman–Crippen LogP) is 3.06. The summed E-state index contributed by atoms with van der Waals surface area (Å²) in [6, 6.07) is 5.15. The van der Waals surface area contributed by atoms with E-state index in [9.17, 15) is 8.78 Å². The maximum absolute atomic E-state index is 14.5. The Morgan fingerprint density at radius 1 is 1.12 bits per heavy atom. The summed E-state index contributed by atoms with van der Waals surface area (Å²) in [6.07, 6.45) is 0.359. The monoisotopic (exact) mass is 337 g/mol. The maximum atomic E-state index is 14.5. The first-order valence-electron chi connectivity index (χ1n) is 8.68. The van der Waals surface area contributed by atoms with Crippen LogP contribution < -0.4 is 5.46 Å². The lowest BCUT2D eigenvalue weighted by Gasteiger charge is -2.32. The number of hydrogen-bond acceptors (Lipinski definition) is 3. The third kappa shape index (κ3) is 3.51. The Bertz CT molecular complexity index is 585. The van der Waals surface area contributed by atoms with Crippen LogP contribution in [0.25, 0.3) is 0 Å². The van der Waals surface area contributed by atoms with Gasteiger partial charge in [-0.2, -0.15) is 0 Å². The van der Waals surface area contributed by atoms with Gasteiger partial charge in [0, 0.05) is 25.2 Å². The van der Waals surface area contributed by atoms with E-state index in [0.717, 1.165) is 0 Å². The molecule has 0 aliphatic carbocycles. The Labute approximate surface area is 143 Å². The van der Waals surface area contributed by atoms with E-state index in [4.69, 9.17) is 9.31 Å². The quantitative estimate of drug-likeness (QED) is 0.792. The standard InChI is InChI=1S/C18H26BF2NO2/c1-17(2)18(3,4)24-19(23-17)14-6-5-13(16(21)11-14)12-22-9-7-15(20)8-10-22/h5-6,11,15H,7-10,12H2,1-4H3. The number of benzene rings is 1. The van der Waals surface area contributed by atoms with Crippen LogP contribution >= 0.6 is 0 Å². The number of hydrogen-bond donors (Lipinski definition) is 0. The van der Waals surface area contributed by atoms with Crippen molar-refractivity contribution < 1.29 is 18.1 Å². The second-order valence-corrected chi connectivity index (χ2v) is 7.89. The number of nitrogens with zero attached hydrogens (tertiary/aromatic N) is 1. The molecule has 132 valence electrons. The summed E-state index contributed by atoms with van der Waals surface area (Å²) in [6.45, 7) is 9.79. The van der Waals surface area contributed by atoms with Gasteiger partial charge in [0.25, 0.3) is 0 Å². The summed E-state index contributed by atoms with van der Waals surface area (Å²) in [5, 5.41) is 0. The molecule has 3 rings (SSSR count). The largest absolute Gasteiger partial charge is 0.494 e. The molecule has 0 saturated carbocycles. The van der Waals surface area contributed by atoms with Gasteiger partial charge in [0.1, 0.15) is 12.0 Å². The molecule has 1 aromatic rings. The Balaban J connectivity index is 1.69. The van der Waals surface area contributed by atoms with Crippen LogP contribution in [0, 0.1) is 5.82 Å². The van der Waals surface area contributed by atoms with E-state index in [1.54, 1.807) is 6.07 Å². The molecule has 0 radical (unpaired) electrons. The van der Waals surface area contributed by atoms with Crippen LogP contribution in [0.1, 0.15) is 46.1 Å². The highest BCUT2D eigenvalue weighted by molar-refractivity contribution is 6.62. The molecule has 1 aromatic carbocycles. The molecule has 0 N–H and O–H groups in total. The van der Waals surface area contributed by atoms with Gasteiger partial charge in [0.05, 0.1) is 11.2 Å². The summed E-state index contributed by atoms with van der Waals surface area (Å²) in [4.78, 5) is 2.10. The molecule has 2 aliphatic heterocycles. The topological polar surface area (TPSA) is 21.7 Å². The van der Waals surface area contributed by atoms with Crippen molar-refractivity contribution in [3.8, 4) is 0 Å². The normalized spacial score (nSPS) is 24.5. The summed E-state index contributed by atoms with van der Waals surface area (Å²) in [5.74, 6) is -0.260. The molecule has 0 spiro atoms. The summed E-state index contributed by atoms with van der Waals surface area (Å²) in [5.41, 5.74) is 0.442. The number of halogens is 2. The lowest BCUT2D eigenvalue weighted by atomic mass is 9.78. The SMILES string of the molecule is CC1(C)OB(c2ccc(CN3CCC(F)CC3)c(F)c2)OC1(C)C. The molecule has 2 fully saturated rings. The van der Waals surface area contributed by atoms with Gasteiger partial charge in [-0.3, -0.25) is 4.90 Å². The van der Waals surface area contributed by atoms with E-state index in [2.05, 4.69) is 4.90 Å². The van der Waals surface area contributed by atoms with Crippen molar-refractivity contribution in [3.05, 3.63) is 29.6 Å². The molecule has 0 bridgehead atoms. The van der Waals surface area contributed by atoms with Gasteiger partial charge in [-0.1, -0.05) is 12.1 Å². The van der Waals surface area contributed by atoms with Gasteiger partial charge in [-0.05, 0) is 52.1 Å². The molecule has 2 aliphatic rings. The van der Waals surface area contributed by atoms with Crippen LogP contribution in [0.4, 0.5) is 8.78 Å². The fourth-order valence-electron chi connectivity index (χ4n) is 3.12. The number of piperidine rings is 1. The second-order valence-electron chi connectivity index (χ2n) is 7.89. The Kier molecular flexibility index (Phi) is 4.75. The third-order valence-electron chi connectivity index (χ3n) is 5.51. The molecule has 2 heterocycles. The predicted molar refractivity (Wildman–Crippen MR) is 91.5 cm³/mol. The average Bonchev–Trinajstić information content (AvgIpc) is 2.72. The second kappa shape index (κ2) is 6.39. The molecule has 2 saturated heterocycles. The van der Waals surface area contributed by atoms with E-state index < -0.39 is 24.5 Å². The number of alkyl halides is 1. The van der Waals surface area contributed by atoms with Crippen LogP contribution in [-0.4, -0.2) is 42.5 Å². The first kappa shape index (κ1) is 17.8. The minimum atomic E-state index is -0.711. The zero-order valence-corrected chi connectivity index (χ0v) is 14.9. The van der Waals surface area contributed by atoms with Crippen LogP contribution in [0.2, 0.25) is 0 Å². The number of rotatable bonds is 3. The Morgan fingerprint density at radius 3 is 2.25 bits per heavy atom. The molecule has 3 nitrogen and oxygen atoms in total. The molecule has 6 heteroatoms. The van der Waals surface area contributed by atoms with Gasteiger partial charge >= 0.3 is 7.12 Å². The van der Waals surface area contributed by atoms with Crippen molar-refractivity contribution in [1.82, 2.24) is 4.90 Å². The summed E-state index contributed by atoms with van der Waals surface area (Å²) in [7, 11) is -0.555. The van der Waals surface area contributed by atoms with E-state index >= 15 is 0 Å². The zero-order chi connectivity index (χ0) is 17.5. The Hall–Kier alpha value is -0.975. The fraction of sp³-hybridized carbons (Fsp3) is 0.667. The van der Waals surface area contributed by atoms with Crippen molar-refractivity contribution in [2.45, 2.75) is 64.5 Å². The molecular formula is C18H26BF2NO2. The van der Waals surface area contributed by atoms with Gasteiger partial charge in [0.2, 0.25) is 0 Å². The van der Waals surface area contributed by atoms with Crippen LogP contribution in [0.15, 0.2) is 18.2 Å². The summed E-state index contributed by atoms with van der Waals surface area (Å²) >= 11 is 0. The van der Waals surface area contributed by atoms with Crippen molar-refractivity contribution >= 4 is 12.6 Å². The Morgan fingerprint density at radius 2 is 1.71 bits per heavy atom. The van der Waals surface area contributed by atoms with Gasteiger partial charge in [0.15, 0.2) is 0 Å². The third-order valence-corrected chi connectivity index (χ3v) is 5.51. The molecule has 0 aromatic heterocycles. The van der Waals surface area contributed by atoms with E-state index in [1.807, 2.05) is 33.8 Å². The molecule has 0 unspecified atom stereocenters. The van der Waals surface area contributed by atoms with E-state index in [1.165, 1.54) is 6.07 Å². The highest BCUT2D eigenvalue weighted by atomic mass is 19.1. The van der Waals surface area contributed by atoms with Crippen molar-refractivity contribution in [2.75, 3.05) is 13.1 Å². The van der Waals surface area contributed by atoms with E-state index in [0.29, 0.717) is 43.5 Å². The maximum Gasteiger partial charge on any atom is 0.494 e. The molecular weight excluding hydrogens is 311 g/mol. The highest BCUT2D eigenvalue weighted by Gasteiger charge is 2.51. The van der Waals surface area contributed by atoms with Gasteiger partial charge in [-0.25, -0.2) is 8.78 Å². The lowest BCUT2D eigenvalue weighted by molar-refractivity contribution is 0.00578. The van der Waals surface area contributed by atoms with Crippen LogP contribution in [-0.2, 0) is 15.9 Å². The minimum absolute atomic E-state index is 0.260. The first-order chi connectivity index (χ1) is 11.2. The minimum Gasteiger partial charge on any atom is -0.399 e. The van der Waals surface area contributed by atoms with Gasteiger partial charge in [-0.15, -0.1) is 0 Å². The highest BCUT2D eigenvalue weighted by Crippen LogP contribution is 2.36. The van der Waals surface area contributed by atoms with Crippen molar-refractivity contribution in [2.24, 2.45) is 0 Å². The average molecular weight is 337 g/mol. The molecule has 24 heavy (non-hydrogen) atoms. The van der Waals surface area contributed by atoms with Gasteiger partial charge < -0.3 is 9.31 Å². The zero-order valence-electron chi connectivity index (χ0n) is 14.9. The first-order valence-corrected chi connectivity index (χ1v) is 8.68.